The fourth-order valence-electron chi connectivity index (χ4n) is 3.75. The van der Waals surface area contributed by atoms with Crippen LogP contribution in [0.25, 0.3) is 0 Å². The Bertz CT molecular complexity index is 793. The second kappa shape index (κ2) is 9.83. The van der Waals surface area contributed by atoms with Crippen LogP contribution in [0.5, 0.6) is 0 Å². The summed E-state index contributed by atoms with van der Waals surface area (Å²) in [7, 11) is 1.75. The Morgan fingerprint density at radius 1 is 1.41 bits per heavy atom. The van der Waals surface area contributed by atoms with E-state index in [2.05, 4.69) is 16.6 Å². The first kappa shape index (κ1) is 22.8. The first-order valence-corrected chi connectivity index (χ1v) is 10.1. The van der Waals surface area contributed by atoms with Gasteiger partial charge in [-0.2, -0.15) is 0 Å². The normalized spacial score (nSPS) is 21.1. The zero-order chi connectivity index (χ0) is 21.6. The molecule has 0 aromatic carbocycles. The van der Waals surface area contributed by atoms with Crippen molar-refractivity contribution in [3.63, 3.8) is 0 Å². The summed E-state index contributed by atoms with van der Waals surface area (Å²) in [6.07, 6.45) is 5.76. The van der Waals surface area contributed by atoms with Gasteiger partial charge in [0.25, 0.3) is 0 Å². The quantitative estimate of drug-likeness (QED) is 0.580. The number of piperidine rings is 1. The molecule has 1 amide bonds. The summed E-state index contributed by atoms with van der Waals surface area (Å²) in [5, 5.41) is 9.49. The Morgan fingerprint density at radius 3 is 2.72 bits per heavy atom. The number of allylic oxidation sites excluding steroid dienone is 2. The number of likely N-dealkylation sites (tertiary alicyclic amines) is 1. The lowest BCUT2D eigenvalue weighted by Gasteiger charge is -2.43. The van der Waals surface area contributed by atoms with Crippen LogP contribution in [0.1, 0.15) is 64.4 Å². The molecule has 1 aromatic heterocycles. The van der Waals surface area contributed by atoms with Gasteiger partial charge in [0.1, 0.15) is 5.60 Å². The standard InChI is InChI=1S/C23H33N3O3/c1-7-10-16(2)21(24-6)20-14-9-13-19(18-12-8-11-17(15-27)25-18)26(20)22(28)29-23(3,4)5/h7-8,10-12,19-20,27H,1,9,13-15H2,2-6H3/b16-10-,24-21?. The smallest absolute Gasteiger partial charge is 0.411 e. The Kier molecular flexibility index (Phi) is 7.73. The third-order valence-electron chi connectivity index (χ3n) is 4.89. The lowest BCUT2D eigenvalue weighted by Crippen LogP contribution is -2.51. The molecule has 2 heterocycles. The van der Waals surface area contributed by atoms with Crippen molar-refractivity contribution >= 4 is 11.8 Å². The highest BCUT2D eigenvalue weighted by Crippen LogP contribution is 2.36. The second-order valence-corrected chi connectivity index (χ2v) is 8.26. The van der Waals surface area contributed by atoms with E-state index in [0.717, 1.165) is 36.2 Å². The van der Waals surface area contributed by atoms with Crippen LogP contribution in [0, 0.1) is 0 Å². The molecule has 0 saturated carbocycles. The number of aliphatic imine (C=N–C) groups is 1. The number of nitrogens with zero attached hydrogens (tertiary/aromatic N) is 3. The molecular formula is C23H33N3O3. The van der Waals surface area contributed by atoms with E-state index in [4.69, 9.17) is 4.74 Å². The minimum Gasteiger partial charge on any atom is -0.444 e. The van der Waals surface area contributed by atoms with Gasteiger partial charge < -0.3 is 9.84 Å². The first-order chi connectivity index (χ1) is 13.7. The van der Waals surface area contributed by atoms with Crippen LogP contribution in [0.2, 0.25) is 0 Å². The number of hydrogen-bond acceptors (Lipinski definition) is 5. The maximum absolute atomic E-state index is 13.3. The molecule has 29 heavy (non-hydrogen) atoms. The van der Waals surface area contributed by atoms with E-state index < -0.39 is 5.60 Å². The molecule has 1 fully saturated rings. The van der Waals surface area contributed by atoms with Gasteiger partial charge in [0, 0.05) is 7.05 Å². The second-order valence-electron chi connectivity index (χ2n) is 8.26. The molecule has 0 aliphatic carbocycles. The number of rotatable bonds is 5. The highest BCUT2D eigenvalue weighted by atomic mass is 16.6. The maximum atomic E-state index is 13.3. The van der Waals surface area contributed by atoms with Crippen LogP contribution in [0.3, 0.4) is 0 Å². The Labute approximate surface area is 174 Å². The average Bonchev–Trinajstić information content (AvgIpc) is 2.67. The molecule has 1 aliphatic rings. The molecule has 0 bridgehead atoms. The Hall–Kier alpha value is -2.47. The highest BCUT2D eigenvalue weighted by molar-refractivity contribution is 6.05. The van der Waals surface area contributed by atoms with Gasteiger partial charge in [-0.25, -0.2) is 4.79 Å². The monoisotopic (exact) mass is 399 g/mol. The molecule has 158 valence electrons. The summed E-state index contributed by atoms with van der Waals surface area (Å²) < 4.78 is 5.77. The molecule has 2 atom stereocenters. The summed E-state index contributed by atoms with van der Waals surface area (Å²) in [5.74, 6) is 0. The van der Waals surface area contributed by atoms with Gasteiger partial charge in [-0.3, -0.25) is 14.9 Å². The SMILES string of the molecule is C=C/C=C(/C)C(=NC)C1CCCC(c2cccc(CO)n2)N1C(=O)OC(C)(C)C. The fourth-order valence-corrected chi connectivity index (χ4v) is 3.75. The Balaban J connectivity index is 2.52. The van der Waals surface area contributed by atoms with Crippen LogP contribution >= 0.6 is 0 Å². The number of ether oxygens (including phenoxy) is 1. The predicted octanol–water partition coefficient (Wildman–Crippen LogP) is 4.61. The predicted molar refractivity (Wildman–Crippen MR) is 116 cm³/mol. The van der Waals surface area contributed by atoms with Crippen LogP contribution in [0.4, 0.5) is 4.79 Å². The van der Waals surface area contributed by atoms with E-state index in [1.807, 2.05) is 45.9 Å². The van der Waals surface area contributed by atoms with Crippen LogP contribution in [-0.4, -0.2) is 45.5 Å². The van der Waals surface area contributed by atoms with Gasteiger partial charge >= 0.3 is 6.09 Å². The van der Waals surface area contributed by atoms with Gasteiger partial charge in [-0.05, 0) is 64.7 Å². The molecule has 0 spiro atoms. The van der Waals surface area contributed by atoms with Crippen LogP contribution in [-0.2, 0) is 11.3 Å². The molecule has 6 heteroatoms. The lowest BCUT2D eigenvalue weighted by atomic mass is 9.88. The number of aromatic nitrogens is 1. The number of pyridine rings is 1. The Morgan fingerprint density at radius 2 is 2.14 bits per heavy atom. The summed E-state index contributed by atoms with van der Waals surface area (Å²) >= 11 is 0. The molecule has 0 radical (unpaired) electrons. The minimum atomic E-state index is -0.612. The van der Waals surface area contributed by atoms with Crippen LogP contribution in [0.15, 0.2) is 47.5 Å². The number of amides is 1. The zero-order valence-corrected chi connectivity index (χ0v) is 18.2. The number of carbonyl (C=O) groups is 1. The molecule has 1 N–H and O–H groups in total. The third-order valence-corrected chi connectivity index (χ3v) is 4.89. The van der Waals surface area contributed by atoms with Crippen molar-refractivity contribution in [3.8, 4) is 0 Å². The summed E-state index contributed by atoms with van der Waals surface area (Å²) in [6.45, 7) is 11.2. The molecule has 1 aliphatic heterocycles. The van der Waals surface area contributed by atoms with Crippen molar-refractivity contribution in [3.05, 3.63) is 53.9 Å². The molecule has 2 unspecified atom stereocenters. The van der Waals surface area contributed by atoms with Crippen LogP contribution < -0.4 is 0 Å². The molecule has 2 rings (SSSR count). The summed E-state index contributed by atoms with van der Waals surface area (Å²) in [6, 6.07) is 5.08. The topological polar surface area (TPSA) is 75.0 Å². The largest absolute Gasteiger partial charge is 0.444 e. The fraction of sp³-hybridized carbons (Fsp3) is 0.522. The van der Waals surface area contributed by atoms with E-state index in [1.54, 1.807) is 24.1 Å². The number of aliphatic hydroxyl groups is 1. The molecule has 1 aromatic rings. The van der Waals surface area contributed by atoms with Gasteiger partial charge in [-0.15, -0.1) is 0 Å². The number of hydrogen-bond donors (Lipinski definition) is 1. The van der Waals surface area contributed by atoms with Gasteiger partial charge in [-0.1, -0.05) is 24.8 Å². The van der Waals surface area contributed by atoms with Crippen molar-refractivity contribution in [2.24, 2.45) is 4.99 Å². The van der Waals surface area contributed by atoms with Gasteiger partial charge in [0.2, 0.25) is 0 Å². The molecule has 1 saturated heterocycles. The van der Waals surface area contributed by atoms with Gasteiger partial charge in [0.05, 0.1) is 35.8 Å². The van der Waals surface area contributed by atoms with Crippen molar-refractivity contribution in [1.82, 2.24) is 9.88 Å². The highest BCUT2D eigenvalue weighted by Gasteiger charge is 2.40. The summed E-state index contributed by atoms with van der Waals surface area (Å²) in [4.78, 5) is 24.2. The van der Waals surface area contributed by atoms with Crippen molar-refractivity contribution in [1.29, 1.82) is 0 Å². The van der Waals surface area contributed by atoms with E-state index in [1.165, 1.54) is 0 Å². The molecule has 6 nitrogen and oxygen atoms in total. The van der Waals surface area contributed by atoms with E-state index in [0.29, 0.717) is 5.69 Å². The zero-order valence-electron chi connectivity index (χ0n) is 18.2. The maximum Gasteiger partial charge on any atom is 0.411 e. The van der Waals surface area contributed by atoms with E-state index >= 15 is 0 Å². The number of carbonyl (C=O) groups excluding carboxylic acids is 1. The number of aliphatic hydroxyl groups excluding tert-OH is 1. The lowest BCUT2D eigenvalue weighted by molar-refractivity contribution is 0.00235. The minimum absolute atomic E-state index is 0.140. The first-order valence-electron chi connectivity index (χ1n) is 10.1. The van der Waals surface area contributed by atoms with Crippen molar-refractivity contribution in [2.45, 2.75) is 71.2 Å². The van der Waals surface area contributed by atoms with Crippen molar-refractivity contribution in [2.75, 3.05) is 7.05 Å². The van der Waals surface area contributed by atoms with E-state index in [9.17, 15) is 9.90 Å². The average molecular weight is 400 g/mol. The molecular weight excluding hydrogens is 366 g/mol. The third kappa shape index (κ3) is 5.76. The van der Waals surface area contributed by atoms with Crippen molar-refractivity contribution < 1.29 is 14.6 Å². The van der Waals surface area contributed by atoms with Gasteiger partial charge in [0.15, 0.2) is 0 Å². The van der Waals surface area contributed by atoms with E-state index in [-0.39, 0.29) is 24.8 Å². The summed E-state index contributed by atoms with van der Waals surface area (Å²) in [5.41, 5.74) is 2.55.